The van der Waals surface area contributed by atoms with Gasteiger partial charge in [-0.15, -0.1) is 0 Å². The van der Waals surface area contributed by atoms with Gasteiger partial charge in [0.2, 0.25) is 6.23 Å². The fourth-order valence-electron chi connectivity index (χ4n) is 3.82. The number of nitrogens with zero attached hydrogens (tertiary/aromatic N) is 3. The highest BCUT2D eigenvalue weighted by Crippen LogP contribution is 2.50. The molecular formula is C22H19N3O3. The van der Waals surface area contributed by atoms with Crippen LogP contribution in [0.25, 0.3) is 0 Å². The van der Waals surface area contributed by atoms with Crippen LogP contribution in [0.3, 0.4) is 0 Å². The molecule has 2 aliphatic heterocycles. The summed E-state index contributed by atoms with van der Waals surface area (Å²) in [4.78, 5) is 4.49. The molecule has 0 saturated carbocycles. The third-order valence-electron chi connectivity index (χ3n) is 5.12. The van der Waals surface area contributed by atoms with Crippen LogP contribution >= 0.6 is 0 Å². The number of phenols is 1. The first-order valence-corrected chi connectivity index (χ1v) is 9.14. The van der Waals surface area contributed by atoms with Gasteiger partial charge in [-0.05, 0) is 30.3 Å². The number of aromatic nitrogens is 1. The van der Waals surface area contributed by atoms with E-state index in [2.05, 4.69) is 4.98 Å². The van der Waals surface area contributed by atoms with Crippen LogP contribution in [0.2, 0.25) is 0 Å². The maximum atomic E-state index is 9.87. The average Bonchev–Trinajstić information content (AvgIpc) is 3.19. The second-order valence-corrected chi connectivity index (χ2v) is 6.80. The summed E-state index contributed by atoms with van der Waals surface area (Å²) < 4.78 is 11.9. The Balaban J connectivity index is 1.63. The molecule has 0 bridgehead atoms. The van der Waals surface area contributed by atoms with Gasteiger partial charge in [0.25, 0.3) is 0 Å². The van der Waals surface area contributed by atoms with E-state index in [1.807, 2.05) is 53.5 Å². The summed E-state index contributed by atoms with van der Waals surface area (Å²) in [5, 5.41) is 16.7. The van der Waals surface area contributed by atoms with Gasteiger partial charge in [-0.2, -0.15) is 5.10 Å². The maximum Gasteiger partial charge on any atom is 0.230 e. The van der Waals surface area contributed by atoms with Gasteiger partial charge in [0, 0.05) is 23.7 Å². The summed E-state index contributed by atoms with van der Waals surface area (Å²) in [5.41, 5.74) is 3.62. The van der Waals surface area contributed by atoms with Gasteiger partial charge in [-0.1, -0.05) is 30.3 Å². The van der Waals surface area contributed by atoms with E-state index in [0.717, 1.165) is 28.3 Å². The maximum absolute atomic E-state index is 9.87. The second kappa shape index (κ2) is 6.56. The van der Waals surface area contributed by atoms with Gasteiger partial charge in [0.15, 0.2) is 11.5 Å². The number of ether oxygens (including phenoxy) is 2. The van der Waals surface area contributed by atoms with Gasteiger partial charge < -0.3 is 14.6 Å². The lowest BCUT2D eigenvalue weighted by molar-refractivity contribution is -0.0236. The van der Waals surface area contributed by atoms with Crippen molar-refractivity contribution in [1.82, 2.24) is 9.99 Å². The van der Waals surface area contributed by atoms with E-state index in [1.54, 1.807) is 25.4 Å². The Kier molecular flexibility index (Phi) is 3.90. The molecule has 1 N–H and O–H groups in total. The number of fused-ring (bicyclic) bond motifs is 3. The highest BCUT2D eigenvalue weighted by molar-refractivity contribution is 6.02. The Labute approximate surface area is 162 Å². The largest absolute Gasteiger partial charge is 0.508 e. The van der Waals surface area contributed by atoms with E-state index in [0.29, 0.717) is 12.2 Å². The van der Waals surface area contributed by atoms with Crippen LogP contribution in [0, 0.1) is 0 Å². The predicted octanol–water partition coefficient (Wildman–Crippen LogP) is 4.04. The zero-order chi connectivity index (χ0) is 19.1. The Morgan fingerprint density at radius 1 is 1.11 bits per heavy atom. The summed E-state index contributed by atoms with van der Waals surface area (Å²) >= 11 is 0. The molecule has 140 valence electrons. The molecule has 3 aromatic rings. The Morgan fingerprint density at radius 2 is 2.00 bits per heavy atom. The highest BCUT2D eigenvalue weighted by atomic mass is 16.5. The zero-order valence-electron chi connectivity index (χ0n) is 15.3. The fraction of sp³-hybridized carbons (Fsp3) is 0.182. The van der Waals surface area contributed by atoms with Crippen molar-refractivity contribution in [3.05, 3.63) is 83.7 Å². The molecule has 28 heavy (non-hydrogen) atoms. The van der Waals surface area contributed by atoms with E-state index in [1.165, 1.54) is 0 Å². The van der Waals surface area contributed by atoms with E-state index < -0.39 is 6.23 Å². The molecule has 5 rings (SSSR count). The standard InChI is InChI=1S/C22H19N3O3/c1-27-20-10-5-8-16-19-13-18(14-6-4-7-15(26)12-14)24-25(19)22(28-21(16)20)17-9-2-3-11-23-17/h2-12,19,22,26H,13H2,1H3/t19-,22+/m1/s1. The van der Waals surface area contributed by atoms with Crippen LogP contribution in [0.15, 0.2) is 72.0 Å². The number of methoxy groups -OCH3 is 1. The van der Waals surface area contributed by atoms with E-state index in [9.17, 15) is 5.11 Å². The SMILES string of the molecule is COc1cccc2c1O[C@@H](c1ccccn1)N1N=C(c3cccc(O)c3)C[C@H]21. The molecule has 2 atom stereocenters. The number of aromatic hydroxyl groups is 1. The van der Waals surface area contributed by atoms with Gasteiger partial charge in [0.1, 0.15) is 11.4 Å². The molecule has 2 aromatic carbocycles. The lowest BCUT2D eigenvalue weighted by Crippen LogP contribution is -2.34. The third-order valence-corrected chi connectivity index (χ3v) is 5.12. The molecular weight excluding hydrogens is 354 g/mol. The molecule has 6 nitrogen and oxygen atoms in total. The molecule has 0 aliphatic carbocycles. The Hall–Kier alpha value is -3.54. The van der Waals surface area contributed by atoms with Gasteiger partial charge in [0.05, 0.1) is 18.9 Å². The van der Waals surface area contributed by atoms with Crippen LogP contribution in [0.5, 0.6) is 17.2 Å². The number of phenolic OH excluding ortho intramolecular Hbond substituents is 1. The quantitative estimate of drug-likeness (QED) is 0.751. The zero-order valence-corrected chi connectivity index (χ0v) is 15.3. The third kappa shape index (κ3) is 2.65. The normalized spacial score (nSPS) is 20.0. The monoisotopic (exact) mass is 373 g/mol. The van der Waals surface area contributed by atoms with Crippen molar-refractivity contribution in [3.8, 4) is 17.2 Å². The van der Waals surface area contributed by atoms with Gasteiger partial charge in [-0.3, -0.25) is 4.98 Å². The number of benzene rings is 2. The summed E-state index contributed by atoms with van der Waals surface area (Å²) in [6, 6.07) is 18.8. The van der Waals surface area contributed by atoms with Gasteiger partial charge in [-0.25, -0.2) is 5.01 Å². The van der Waals surface area contributed by atoms with Crippen LogP contribution in [0.1, 0.15) is 35.5 Å². The average molecular weight is 373 g/mol. The first-order chi connectivity index (χ1) is 13.7. The predicted molar refractivity (Wildman–Crippen MR) is 104 cm³/mol. The fourth-order valence-corrected chi connectivity index (χ4v) is 3.82. The molecule has 1 aromatic heterocycles. The molecule has 0 amide bonds. The van der Waals surface area contributed by atoms with Crippen LogP contribution in [-0.2, 0) is 0 Å². The van der Waals surface area contributed by atoms with Crippen LogP contribution in [0.4, 0.5) is 0 Å². The second-order valence-electron chi connectivity index (χ2n) is 6.80. The summed E-state index contributed by atoms with van der Waals surface area (Å²) in [6.45, 7) is 0. The lowest BCUT2D eigenvalue weighted by Gasteiger charge is -2.38. The molecule has 0 saturated heterocycles. The molecule has 0 fully saturated rings. The molecule has 0 spiro atoms. The number of hydrazone groups is 1. The Morgan fingerprint density at radius 3 is 2.79 bits per heavy atom. The van der Waals surface area contributed by atoms with Crippen molar-refractivity contribution in [2.24, 2.45) is 5.10 Å². The van der Waals surface area contributed by atoms with Crippen molar-refractivity contribution in [2.45, 2.75) is 18.7 Å². The van der Waals surface area contributed by atoms with Crippen molar-refractivity contribution in [1.29, 1.82) is 0 Å². The van der Waals surface area contributed by atoms with E-state index in [-0.39, 0.29) is 11.8 Å². The number of para-hydroxylation sites is 1. The van der Waals surface area contributed by atoms with E-state index in [4.69, 9.17) is 14.6 Å². The van der Waals surface area contributed by atoms with Crippen LogP contribution < -0.4 is 9.47 Å². The Bertz CT molecular complexity index is 1050. The van der Waals surface area contributed by atoms with Crippen molar-refractivity contribution < 1.29 is 14.6 Å². The molecule has 6 heteroatoms. The van der Waals surface area contributed by atoms with E-state index >= 15 is 0 Å². The first kappa shape index (κ1) is 16.6. The minimum absolute atomic E-state index is 0.00297. The minimum Gasteiger partial charge on any atom is -0.508 e. The lowest BCUT2D eigenvalue weighted by atomic mass is 9.96. The summed E-state index contributed by atoms with van der Waals surface area (Å²) in [7, 11) is 1.64. The topological polar surface area (TPSA) is 67.2 Å². The number of rotatable bonds is 3. The molecule has 2 aliphatic rings. The van der Waals surface area contributed by atoms with Crippen molar-refractivity contribution >= 4 is 5.71 Å². The van der Waals surface area contributed by atoms with Crippen molar-refractivity contribution in [3.63, 3.8) is 0 Å². The van der Waals surface area contributed by atoms with Crippen LogP contribution in [-0.4, -0.2) is 27.9 Å². The van der Waals surface area contributed by atoms with Gasteiger partial charge >= 0.3 is 0 Å². The number of pyridine rings is 1. The molecule has 0 unspecified atom stereocenters. The number of hydrogen-bond donors (Lipinski definition) is 1. The summed E-state index contributed by atoms with van der Waals surface area (Å²) in [6.07, 6.45) is 2.00. The number of hydrogen-bond acceptors (Lipinski definition) is 6. The summed E-state index contributed by atoms with van der Waals surface area (Å²) in [5.74, 6) is 1.66. The smallest absolute Gasteiger partial charge is 0.230 e. The molecule has 3 heterocycles. The molecule has 0 radical (unpaired) electrons. The minimum atomic E-state index is -0.454. The first-order valence-electron chi connectivity index (χ1n) is 9.14. The van der Waals surface area contributed by atoms with Crippen molar-refractivity contribution in [2.75, 3.05) is 7.11 Å². The highest BCUT2D eigenvalue weighted by Gasteiger charge is 2.42.